The number of benzene rings is 1. The molecule has 0 bridgehead atoms. The summed E-state index contributed by atoms with van der Waals surface area (Å²) < 4.78 is 25.9. The van der Waals surface area contributed by atoms with E-state index in [2.05, 4.69) is 12.2 Å². The third kappa shape index (κ3) is 3.78. The highest BCUT2D eigenvalue weighted by molar-refractivity contribution is 7.89. The summed E-state index contributed by atoms with van der Waals surface area (Å²) in [5.74, 6) is 0. The second kappa shape index (κ2) is 7.03. The molecule has 0 spiro atoms. The van der Waals surface area contributed by atoms with Crippen molar-refractivity contribution < 1.29 is 8.42 Å². The maximum absolute atomic E-state index is 12.3. The van der Waals surface area contributed by atoms with Crippen molar-refractivity contribution in [1.82, 2.24) is 9.62 Å². The van der Waals surface area contributed by atoms with Gasteiger partial charge in [-0.25, -0.2) is 12.7 Å². The third-order valence-corrected chi connectivity index (χ3v) is 5.20. The van der Waals surface area contributed by atoms with E-state index in [-0.39, 0.29) is 6.04 Å². The van der Waals surface area contributed by atoms with Crippen molar-refractivity contribution in [2.24, 2.45) is 0 Å². The van der Waals surface area contributed by atoms with E-state index in [1.54, 1.807) is 19.2 Å². The van der Waals surface area contributed by atoms with Crippen LogP contribution in [0.15, 0.2) is 29.2 Å². The lowest BCUT2D eigenvalue weighted by Gasteiger charge is -2.19. The Morgan fingerprint density at radius 1 is 1.26 bits per heavy atom. The number of hydrogen-bond acceptors (Lipinski definition) is 3. The van der Waals surface area contributed by atoms with Crippen LogP contribution in [0, 0.1) is 0 Å². The summed E-state index contributed by atoms with van der Waals surface area (Å²) in [7, 11) is -1.76. The summed E-state index contributed by atoms with van der Waals surface area (Å²) >= 11 is 0. The molecule has 1 atom stereocenters. The van der Waals surface area contributed by atoms with Gasteiger partial charge in [-0.1, -0.05) is 32.9 Å². The minimum Gasteiger partial charge on any atom is -0.310 e. The molecule has 1 aromatic carbocycles. The molecule has 0 amide bonds. The highest BCUT2D eigenvalue weighted by Gasteiger charge is 2.20. The van der Waals surface area contributed by atoms with Gasteiger partial charge in [0.2, 0.25) is 10.0 Å². The molecule has 0 fully saturated rings. The summed E-state index contributed by atoms with van der Waals surface area (Å²) in [4.78, 5) is 0.366. The van der Waals surface area contributed by atoms with Crippen molar-refractivity contribution in [3.05, 3.63) is 29.8 Å². The first-order valence-corrected chi connectivity index (χ1v) is 8.21. The van der Waals surface area contributed by atoms with Gasteiger partial charge in [-0.3, -0.25) is 0 Å². The molecule has 1 unspecified atom stereocenters. The Hall–Kier alpha value is -0.910. The molecule has 0 saturated heterocycles. The first-order valence-electron chi connectivity index (χ1n) is 6.77. The quantitative estimate of drug-likeness (QED) is 0.836. The monoisotopic (exact) mass is 284 g/mol. The first kappa shape index (κ1) is 16.1. The Labute approximate surface area is 116 Å². The molecule has 0 heterocycles. The van der Waals surface area contributed by atoms with Crippen molar-refractivity contribution in [2.75, 3.05) is 20.1 Å². The van der Waals surface area contributed by atoms with Crippen molar-refractivity contribution in [3.63, 3.8) is 0 Å². The van der Waals surface area contributed by atoms with Crippen molar-refractivity contribution in [2.45, 2.75) is 38.1 Å². The van der Waals surface area contributed by atoms with Crippen molar-refractivity contribution in [1.29, 1.82) is 0 Å². The molecule has 0 aromatic heterocycles. The fraction of sp³-hybridized carbons (Fsp3) is 0.571. The molecule has 4 nitrogen and oxygen atoms in total. The largest absolute Gasteiger partial charge is 0.310 e. The highest BCUT2D eigenvalue weighted by Crippen LogP contribution is 2.21. The van der Waals surface area contributed by atoms with Gasteiger partial charge in [0.05, 0.1) is 4.90 Å². The third-order valence-electron chi connectivity index (χ3n) is 3.27. The zero-order valence-electron chi connectivity index (χ0n) is 12.2. The van der Waals surface area contributed by atoms with Crippen LogP contribution in [0.4, 0.5) is 0 Å². The normalized spacial score (nSPS) is 13.7. The Morgan fingerprint density at radius 3 is 2.47 bits per heavy atom. The number of hydrogen-bond donors (Lipinski definition) is 1. The highest BCUT2D eigenvalue weighted by atomic mass is 32.2. The van der Waals surface area contributed by atoms with Gasteiger partial charge in [-0.2, -0.15) is 0 Å². The molecule has 0 saturated carbocycles. The van der Waals surface area contributed by atoms with Crippen LogP contribution in [-0.2, 0) is 10.0 Å². The lowest BCUT2D eigenvalue weighted by Crippen LogP contribution is -2.27. The second-order valence-electron chi connectivity index (χ2n) is 4.51. The van der Waals surface area contributed by atoms with E-state index in [1.807, 2.05) is 26.0 Å². The van der Waals surface area contributed by atoms with Gasteiger partial charge in [0.15, 0.2) is 0 Å². The Kier molecular flexibility index (Phi) is 5.97. The zero-order valence-corrected chi connectivity index (χ0v) is 13.0. The average molecular weight is 284 g/mol. The number of nitrogens with one attached hydrogen (secondary N) is 1. The number of sulfonamides is 1. The minimum atomic E-state index is -3.36. The van der Waals surface area contributed by atoms with Crippen molar-refractivity contribution >= 4 is 10.0 Å². The van der Waals surface area contributed by atoms with Crippen LogP contribution in [-0.4, -0.2) is 32.9 Å². The summed E-state index contributed by atoms with van der Waals surface area (Å²) in [6, 6.07) is 7.42. The zero-order chi connectivity index (χ0) is 14.5. The van der Waals surface area contributed by atoms with E-state index in [1.165, 1.54) is 4.31 Å². The maximum atomic E-state index is 12.3. The standard InChI is InChI=1S/C14H24N2O2S/c1-5-14(15-6-2)12-9-8-10-13(11-12)19(17,18)16(4)7-3/h8-11,14-15H,5-7H2,1-4H3. The van der Waals surface area contributed by atoms with E-state index in [0.717, 1.165) is 18.5 Å². The smallest absolute Gasteiger partial charge is 0.242 e. The summed E-state index contributed by atoms with van der Waals surface area (Å²) in [6.07, 6.45) is 0.932. The SMILES string of the molecule is CCNC(CC)c1cccc(S(=O)(=O)N(C)CC)c1. The number of rotatable bonds is 7. The van der Waals surface area contributed by atoms with Crippen molar-refractivity contribution in [3.8, 4) is 0 Å². The lowest BCUT2D eigenvalue weighted by atomic mass is 10.0. The lowest BCUT2D eigenvalue weighted by molar-refractivity contribution is 0.485. The second-order valence-corrected chi connectivity index (χ2v) is 6.56. The van der Waals surface area contributed by atoms with Crippen LogP contribution in [0.5, 0.6) is 0 Å². The predicted octanol–water partition coefficient (Wildman–Crippen LogP) is 2.39. The van der Waals surface area contributed by atoms with Gasteiger partial charge < -0.3 is 5.32 Å². The van der Waals surface area contributed by atoms with Gasteiger partial charge >= 0.3 is 0 Å². The first-order chi connectivity index (χ1) is 8.97. The van der Waals surface area contributed by atoms with E-state index >= 15 is 0 Å². The fourth-order valence-electron chi connectivity index (χ4n) is 1.99. The van der Waals surface area contributed by atoms with Crippen LogP contribution in [0.2, 0.25) is 0 Å². The van der Waals surface area contributed by atoms with Gasteiger partial charge in [0, 0.05) is 19.6 Å². The molecule has 0 aliphatic carbocycles. The summed E-state index contributed by atoms with van der Waals surface area (Å²) in [5, 5.41) is 3.36. The molecule has 0 aliphatic rings. The Morgan fingerprint density at radius 2 is 1.95 bits per heavy atom. The van der Waals surface area contributed by atoms with Gasteiger partial charge in [0.25, 0.3) is 0 Å². The van der Waals surface area contributed by atoms with E-state index in [9.17, 15) is 8.42 Å². The topological polar surface area (TPSA) is 49.4 Å². The van der Waals surface area contributed by atoms with Crippen LogP contribution in [0.1, 0.15) is 38.8 Å². The van der Waals surface area contributed by atoms with Gasteiger partial charge in [-0.15, -0.1) is 0 Å². The molecule has 5 heteroatoms. The minimum absolute atomic E-state index is 0.201. The molecular formula is C14H24N2O2S. The molecule has 1 aromatic rings. The molecule has 1 N–H and O–H groups in total. The van der Waals surface area contributed by atoms with E-state index < -0.39 is 10.0 Å². The summed E-state index contributed by atoms with van der Waals surface area (Å²) in [5.41, 5.74) is 1.02. The fourth-order valence-corrected chi connectivity index (χ4v) is 3.22. The summed E-state index contributed by atoms with van der Waals surface area (Å²) in [6.45, 7) is 7.30. The molecule has 0 radical (unpaired) electrons. The van der Waals surface area contributed by atoms with Gasteiger partial charge in [0.1, 0.15) is 0 Å². The van der Waals surface area contributed by atoms with Gasteiger partial charge in [-0.05, 0) is 30.7 Å². The maximum Gasteiger partial charge on any atom is 0.242 e. The Bertz CT molecular complexity index is 500. The van der Waals surface area contributed by atoms with Crippen LogP contribution < -0.4 is 5.32 Å². The Balaban J connectivity index is 3.13. The molecule has 108 valence electrons. The van der Waals surface area contributed by atoms with Crippen LogP contribution in [0.3, 0.4) is 0 Å². The number of nitrogens with zero attached hydrogens (tertiary/aromatic N) is 1. The van der Waals surface area contributed by atoms with Crippen LogP contribution >= 0.6 is 0 Å². The predicted molar refractivity (Wildman–Crippen MR) is 78.6 cm³/mol. The van der Waals surface area contributed by atoms with Crippen LogP contribution in [0.25, 0.3) is 0 Å². The molecule has 19 heavy (non-hydrogen) atoms. The van der Waals surface area contributed by atoms with E-state index in [4.69, 9.17) is 0 Å². The molecule has 1 rings (SSSR count). The molecular weight excluding hydrogens is 260 g/mol. The molecule has 0 aliphatic heterocycles. The average Bonchev–Trinajstić information content (AvgIpc) is 2.43. The van der Waals surface area contributed by atoms with E-state index in [0.29, 0.717) is 11.4 Å².